The Bertz CT molecular complexity index is 1180. The van der Waals surface area contributed by atoms with Crippen molar-refractivity contribution >= 4 is 5.91 Å². The Hall–Kier alpha value is -3.62. The summed E-state index contributed by atoms with van der Waals surface area (Å²) in [7, 11) is 0. The minimum Gasteiger partial charge on any atom is -0.350 e. The van der Waals surface area contributed by atoms with Gasteiger partial charge in [0.15, 0.2) is 0 Å². The summed E-state index contributed by atoms with van der Waals surface area (Å²) < 4.78 is 29.0. The van der Waals surface area contributed by atoms with E-state index in [0.717, 1.165) is 21.4 Å². The molecule has 9 heteroatoms. The van der Waals surface area contributed by atoms with Gasteiger partial charge in [-0.1, -0.05) is 32.0 Å². The van der Waals surface area contributed by atoms with Gasteiger partial charge in [0.25, 0.3) is 11.5 Å². The number of aromatic nitrogens is 3. The van der Waals surface area contributed by atoms with E-state index in [1.54, 1.807) is 6.07 Å². The second-order valence-electron chi connectivity index (χ2n) is 7.11. The maximum atomic E-state index is 14.1. The van der Waals surface area contributed by atoms with Gasteiger partial charge < -0.3 is 5.32 Å². The van der Waals surface area contributed by atoms with Gasteiger partial charge in [0.2, 0.25) is 5.69 Å². The van der Waals surface area contributed by atoms with E-state index in [2.05, 4.69) is 10.4 Å². The average Bonchev–Trinajstić information content (AvgIpc) is 2.71. The van der Waals surface area contributed by atoms with Gasteiger partial charge in [0.05, 0.1) is 12.2 Å². The Kier molecular flexibility index (Phi) is 6.20. The Morgan fingerprint density at radius 3 is 2.37 bits per heavy atom. The highest BCUT2D eigenvalue weighted by Crippen LogP contribution is 2.08. The Morgan fingerprint density at radius 1 is 1.07 bits per heavy atom. The van der Waals surface area contributed by atoms with Crippen LogP contribution in [0.3, 0.4) is 0 Å². The summed E-state index contributed by atoms with van der Waals surface area (Å²) in [6, 6.07) is 10.5. The lowest BCUT2D eigenvalue weighted by atomic mass is 10.2. The largest absolute Gasteiger partial charge is 0.352 e. The zero-order valence-corrected chi connectivity index (χ0v) is 16.4. The Morgan fingerprint density at radius 2 is 1.73 bits per heavy atom. The van der Waals surface area contributed by atoms with E-state index in [9.17, 15) is 23.2 Å². The van der Waals surface area contributed by atoms with Gasteiger partial charge in [-0.15, -0.1) is 0 Å². The molecule has 3 aromatic rings. The van der Waals surface area contributed by atoms with Crippen molar-refractivity contribution in [2.24, 2.45) is 5.92 Å². The average molecular weight is 414 g/mol. The smallest absolute Gasteiger partial charge is 0.350 e. The molecule has 3 rings (SSSR count). The lowest BCUT2D eigenvalue weighted by Crippen LogP contribution is -2.46. The molecule has 0 aliphatic rings. The van der Waals surface area contributed by atoms with Crippen molar-refractivity contribution in [2.45, 2.75) is 20.4 Å². The van der Waals surface area contributed by atoms with Crippen LogP contribution < -0.4 is 16.6 Å². The van der Waals surface area contributed by atoms with Gasteiger partial charge in [-0.25, -0.2) is 13.6 Å². The molecule has 2 aromatic carbocycles. The molecule has 0 bridgehead atoms. The number of hydrogen-bond acceptors (Lipinski definition) is 4. The van der Waals surface area contributed by atoms with Crippen molar-refractivity contribution in [3.63, 3.8) is 0 Å². The molecule has 0 fully saturated rings. The molecule has 30 heavy (non-hydrogen) atoms. The first-order valence-corrected chi connectivity index (χ1v) is 9.29. The summed E-state index contributed by atoms with van der Waals surface area (Å²) in [5.41, 5.74) is -2.09. The molecule has 0 aliphatic carbocycles. The molecular weight excluding hydrogens is 394 g/mol. The summed E-state index contributed by atoms with van der Waals surface area (Å²) in [4.78, 5) is 38.4. The van der Waals surface area contributed by atoms with E-state index >= 15 is 0 Å². The van der Waals surface area contributed by atoms with E-state index in [4.69, 9.17) is 0 Å². The number of hydrogen-bond donors (Lipinski definition) is 1. The fourth-order valence-corrected chi connectivity index (χ4v) is 2.72. The zero-order valence-electron chi connectivity index (χ0n) is 16.4. The van der Waals surface area contributed by atoms with Crippen molar-refractivity contribution < 1.29 is 13.6 Å². The predicted octanol–water partition coefficient (Wildman–Crippen LogP) is 2.11. The lowest BCUT2D eigenvalue weighted by molar-refractivity contribution is 0.0939. The summed E-state index contributed by atoms with van der Waals surface area (Å²) in [5.74, 6) is -1.76. The highest BCUT2D eigenvalue weighted by atomic mass is 19.1. The third kappa shape index (κ3) is 4.51. The molecule has 1 N–H and O–H groups in total. The first-order valence-electron chi connectivity index (χ1n) is 9.29. The van der Waals surface area contributed by atoms with Crippen LogP contribution in [0.5, 0.6) is 0 Å². The molecule has 0 saturated carbocycles. The van der Waals surface area contributed by atoms with E-state index in [1.807, 2.05) is 13.8 Å². The molecule has 156 valence electrons. The standard InChI is InChI=1S/C21H20F2N4O3/c1-13(2)11-24-19(28)18-20(29)26(12-14-5-3-4-6-17(14)23)21(30)27(25-18)16-9-7-15(22)8-10-16/h3-10,13H,11-12H2,1-2H3,(H,24,28). The number of carbonyl (C=O) groups excluding carboxylic acids is 1. The molecule has 1 amide bonds. The number of nitrogens with one attached hydrogen (secondary N) is 1. The SMILES string of the molecule is CC(C)CNC(=O)c1nn(-c2ccc(F)cc2)c(=O)n(Cc2ccccc2F)c1=O. The van der Waals surface area contributed by atoms with Crippen molar-refractivity contribution in [1.82, 2.24) is 19.7 Å². The van der Waals surface area contributed by atoms with E-state index in [-0.39, 0.29) is 17.2 Å². The second-order valence-corrected chi connectivity index (χ2v) is 7.11. The quantitative estimate of drug-likeness (QED) is 0.670. The van der Waals surface area contributed by atoms with E-state index in [1.165, 1.54) is 30.3 Å². The van der Waals surface area contributed by atoms with E-state index < -0.39 is 41.0 Å². The number of carbonyl (C=O) groups is 1. The van der Waals surface area contributed by atoms with Gasteiger partial charge in [-0.3, -0.25) is 14.2 Å². The Labute approximate surface area is 170 Å². The highest BCUT2D eigenvalue weighted by Gasteiger charge is 2.21. The van der Waals surface area contributed by atoms with Crippen LogP contribution in [0.15, 0.2) is 58.1 Å². The monoisotopic (exact) mass is 414 g/mol. The van der Waals surface area contributed by atoms with E-state index in [0.29, 0.717) is 6.54 Å². The molecule has 7 nitrogen and oxygen atoms in total. The molecule has 0 spiro atoms. The van der Waals surface area contributed by atoms with Gasteiger partial charge in [-0.2, -0.15) is 9.78 Å². The fourth-order valence-electron chi connectivity index (χ4n) is 2.72. The second kappa shape index (κ2) is 8.81. The van der Waals surface area contributed by atoms with Gasteiger partial charge >= 0.3 is 5.69 Å². The zero-order chi connectivity index (χ0) is 21.8. The molecule has 0 radical (unpaired) electrons. The van der Waals surface area contributed by atoms with Gasteiger partial charge in [0.1, 0.15) is 11.6 Å². The van der Waals surface area contributed by atoms with Crippen LogP contribution in [0.25, 0.3) is 5.69 Å². The summed E-state index contributed by atoms with van der Waals surface area (Å²) in [5, 5.41) is 6.50. The number of rotatable bonds is 6. The number of amides is 1. The first kappa shape index (κ1) is 21.1. The van der Waals surface area contributed by atoms with Crippen LogP contribution in [0.2, 0.25) is 0 Å². The summed E-state index contributed by atoms with van der Waals surface area (Å²) in [6.07, 6.45) is 0. The molecule has 1 aromatic heterocycles. The van der Waals surface area contributed by atoms with Crippen molar-refractivity contribution in [1.29, 1.82) is 0 Å². The van der Waals surface area contributed by atoms with Gasteiger partial charge in [-0.05, 0) is 36.2 Å². The molecule has 0 unspecified atom stereocenters. The first-order chi connectivity index (χ1) is 14.3. The third-order valence-corrected chi connectivity index (χ3v) is 4.30. The topological polar surface area (TPSA) is 86.0 Å². The molecule has 1 heterocycles. The van der Waals surface area contributed by atoms with Crippen LogP contribution in [-0.4, -0.2) is 26.8 Å². The maximum Gasteiger partial charge on any atom is 0.352 e. The van der Waals surface area contributed by atoms with Crippen LogP contribution in [-0.2, 0) is 6.54 Å². The molecule has 0 aliphatic heterocycles. The van der Waals surface area contributed by atoms with Crippen LogP contribution in [0, 0.1) is 17.6 Å². The maximum absolute atomic E-state index is 14.1. The third-order valence-electron chi connectivity index (χ3n) is 4.30. The van der Waals surface area contributed by atoms with Crippen LogP contribution >= 0.6 is 0 Å². The van der Waals surface area contributed by atoms with Crippen LogP contribution in [0.4, 0.5) is 8.78 Å². The molecule has 0 atom stereocenters. The van der Waals surface area contributed by atoms with Crippen molar-refractivity contribution in [3.8, 4) is 5.69 Å². The highest BCUT2D eigenvalue weighted by molar-refractivity contribution is 5.91. The van der Waals surface area contributed by atoms with Gasteiger partial charge in [0, 0.05) is 12.1 Å². The predicted molar refractivity (Wildman–Crippen MR) is 107 cm³/mol. The molecular formula is C21H20F2N4O3. The Balaban J connectivity index is 2.17. The number of benzene rings is 2. The summed E-state index contributed by atoms with van der Waals surface area (Å²) >= 11 is 0. The van der Waals surface area contributed by atoms with Crippen LogP contribution in [0.1, 0.15) is 29.9 Å². The van der Waals surface area contributed by atoms with Crippen molar-refractivity contribution in [3.05, 3.63) is 92.3 Å². The minimum absolute atomic E-state index is 0.0992. The number of nitrogens with zero attached hydrogens (tertiary/aromatic N) is 3. The lowest BCUT2D eigenvalue weighted by Gasteiger charge is -2.13. The normalized spacial score (nSPS) is 11.0. The molecule has 0 saturated heterocycles. The van der Waals surface area contributed by atoms with Crippen molar-refractivity contribution in [2.75, 3.05) is 6.54 Å². The number of halogens is 2. The fraction of sp³-hybridized carbons (Fsp3) is 0.238. The minimum atomic E-state index is -0.942. The summed E-state index contributed by atoms with van der Waals surface area (Å²) in [6.45, 7) is 3.66.